The van der Waals surface area contributed by atoms with Crippen molar-refractivity contribution in [3.63, 3.8) is 0 Å². The molecule has 1 aromatic rings. The number of nitrogens with zero attached hydrogens (tertiary/aromatic N) is 1. The Morgan fingerprint density at radius 2 is 1.79 bits per heavy atom. The molecule has 1 aliphatic carbocycles. The summed E-state index contributed by atoms with van der Waals surface area (Å²) in [7, 11) is 1.41. The number of methoxy groups -OCH3 is 1. The zero-order valence-electron chi connectivity index (χ0n) is 14.9. The summed E-state index contributed by atoms with van der Waals surface area (Å²) < 4.78 is 10.6. The summed E-state index contributed by atoms with van der Waals surface area (Å²) in [5.41, 5.74) is 4.14. The number of rotatable bonds is 1. The van der Waals surface area contributed by atoms with E-state index in [0.29, 0.717) is 18.5 Å². The number of esters is 1. The van der Waals surface area contributed by atoms with E-state index in [2.05, 4.69) is 6.07 Å². The van der Waals surface area contributed by atoms with E-state index >= 15 is 0 Å². The number of aryl methyl sites for hydroxylation is 1. The van der Waals surface area contributed by atoms with E-state index in [0.717, 1.165) is 48.1 Å². The van der Waals surface area contributed by atoms with Crippen LogP contribution in [0, 0.1) is 0 Å². The first-order valence-electron chi connectivity index (χ1n) is 8.58. The molecule has 0 saturated carbocycles. The molecule has 1 aromatic carbocycles. The van der Waals surface area contributed by atoms with Crippen molar-refractivity contribution < 1.29 is 19.1 Å². The third-order valence-electron chi connectivity index (χ3n) is 4.61. The minimum atomic E-state index is -0.542. The largest absolute Gasteiger partial charge is 0.465 e. The Morgan fingerprint density at radius 3 is 2.46 bits per heavy atom. The van der Waals surface area contributed by atoms with Gasteiger partial charge >= 0.3 is 12.1 Å². The summed E-state index contributed by atoms with van der Waals surface area (Å²) in [6.45, 7) is 6.11. The van der Waals surface area contributed by atoms with Crippen LogP contribution in [0.3, 0.4) is 0 Å². The minimum Gasteiger partial charge on any atom is -0.465 e. The van der Waals surface area contributed by atoms with Crippen molar-refractivity contribution in [3.05, 3.63) is 28.3 Å². The Bertz CT molecular complexity index is 688. The Hall–Kier alpha value is -2.04. The Morgan fingerprint density at radius 1 is 1.08 bits per heavy atom. The molecule has 5 nitrogen and oxygen atoms in total. The number of fused-ring (bicyclic) bond motifs is 2. The molecule has 1 heterocycles. The van der Waals surface area contributed by atoms with Crippen LogP contribution in [-0.4, -0.2) is 31.3 Å². The average Bonchev–Trinajstić information content (AvgIpc) is 2.93. The van der Waals surface area contributed by atoms with Gasteiger partial charge in [-0.05, 0) is 75.6 Å². The molecular weight excluding hydrogens is 306 g/mol. The lowest BCUT2D eigenvalue weighted by atomic mass is 9.85. The number of hydrogen-bond donors (Lipinski definition) is 0. The normalized spacial score (nSPS) is 16.4. The third kappa shape index (κ3) is 2.99. The maximum Gasteiger partial charge on any atom is 0.414 e. The summed E-state index contributed by atoms with van der Waals surface area (Å²) in [6.07, 6.45) is 4.35. The van der Waals surface area contributed by atoms with Crippen LogP contribution in [-0.2, 0) is 28.7 Å². The second-order valence-corrected chi connectivity index (χ2v) is 7.47. The first-order valence-corrected chi connectivity index (χ1v) is 8.58. The Balaban J connectivity index is 2.05. The van der Waals surface area contributed by atoms with Gasteiger partial charge in [-0.25, -0.2) is 9.59 Å². The molecule has 1 amide bonds. The quantitative estimate of drug-likeness (QED) is 0.737. The van der Waals surface area contributed by atoms with Crippen LogP contribution in [0.2, 0.25) is 0 Å². The lowest BCUT2D eigenvalue weighted by molar-refractivity contribution is 0.0578. The number of carbonyl (C=O) groups excluding carboxylic acids is 2. The number of ether oxygens (including phenoxy) is 2. The van der Waals surface area contributed by atoms with Crippen molar-refractivity contribution in [1.29, 1.82) is 0 Å². The molecule has 0 fully saturated rings. The van der Waals surface area contributed by atoms with Crippen molar-refractivity contribution in [2.45, 2.75) is 58.5 Å². The van der Waals surface area contributed by atoms with Crippen LogP contribution in [0.4, 0.5) is 10.5 Å². The number of benzene rings is 1. The number of anilines is 1. The summed E-state index contributed by atoms with van der Waals surface area (Å²) in [6, 6.07) is 2.08. The first kappa shape index (κ1) is 16.8. The highest BCUT2D eigenvalue weighted by Gasteiger charge is 2.34. The van der Waals surface area contributed by atoms with E-state index in [1.54, 1.807) is 4.90 Å². The molecule has 0 saturated heterocycles. The standard InChI is InChI=1S/C19H25NO4/c1-19(2,3)24-18(22)20-10-9-14-15(20)11-12-7-5-6-8-13(12)16(14)17(21)23-4/h11H,5-10H2,1-4H3. The monoisotopic (exact) mass is 331 g/mol. The fourth-order valence-electron chi connectivity index (χ4n) is 3.63. The van der Waals surface area contributed by atoms with Crippen LogP contribution >= 0.6 is 0 Å². The van der Waals surface area contributed by atoms with Crippen LogP contribution in [0.5, 0.6) is 0 Å². The predicted molar refractivity (Wildman–Crippen MR) is 91.7 cm³/mol. The molecule has 0 spiro atoms. The van der Waals surface area contributed by atoms with Crippen molar-refractivity contribution in [3.8, 4) is 0 Å². The number of carbonyl (C=O) groups is 2. The van der Waals surface area contributed by atoms with E-state index < -0.39 is 5.60 Å². The smallest absolute Gasteiger partial charge is 0.414 e. The highest BCUT2D eigenvalue weighted by Crippen LogP contribution is 2.38. The molecule has 0 aromatic heterocycles. The molecule has 1 aliphatic heterocycles. The molecule has 3 rings (SSSR count). The molecule has 0 bridgehead atoms. The maximum atomic E-state index is 12.5. The van der Waals surface area contributed by atoms with Crippen molar-refractivity contribution in [2.24, 2.45) is 0 Å². The summed E-state index contributed by atoms with van der Waals surface area (Å²) in [5, 5.41) is 0. The van der Waals surface area contributed by atoms with Crippen LogP contribution < -0.4 is 4.90 Å². The van der Waals surface area contributed by atoms with Gasteiger partial charge in [0, 0.05) is 6.54 Å². The molecular formula is C19H25NO4. The molecule has 24 heavy (non-hydrogen) atoms. The zero-order chi connectivity index (χ0) is 17.5. The summed E-state index contributed by atoms with van der Waals surface area (Å²) in [4.78, 5) is 26.6. The van der Waals surface area contributed by atoms with E-state index in [-0.39, 0.29) is 12.1 Å². The number of hydrogen-bond acceptors (Lipinski definition) is 4. The van der Waals surface area contributed by atoms with Gasteiger partial charge < -0.3 is 9.47 Å². The molecule has 0 unspecified atom stereocenters. The maximum absolute atomic E-state index is 12.5. The molecule has 0 N–H and O–H groups in total. The fraction of sp³-hybridized carbons (Fsp3) is 0.579. The summed E-state index contributed by atoms with van der Waals surface area (Å²) >= 11 is 0. The average molecular weight is 331 g/mol. The van der Waals surface area contributed by atoms with Gasteiger partial charge in [-0.2, -0.15) is 0 Å². The molecule has 5 heteroatoms. The van der Waals surface area contributed by atoms with Crippen molar-refractivity contribution in [2.75, 3.05) is 18.6 Å². The Labute approximate surface area is 142 Å². The van der Waals surface area contributed by atoms with Gasteiger partial charge in [0.1, 0.15) is 5.60 Å². The zero-order valence-corrected chi connectivity index (χ0v) is 14.9. The van der Waals surface area contributed by atoms with Gasteiger partial charge in [0.2, 0.25) is 0 Å². The third-order valence-corrected chi connectivity index (χ3v) is 4.61. The lowest BCUT2D eigenvalue weighted by Crippen LogP contribution is -2.35. The SMILES string of the molecule is COC(=O)c1c2c(cc3c1CCN3C(=O)OC(C)(C)C)CCCC2. The van der Waals surface area contributed by atoms with Crippen molar-refractivity contribution in [1.82, 2.24) is 0 Å². The molecule has 130 valence electrons. The predicted octanol–water partition coefficient (Wildman–Crippen LogP) is 3.65. The van der Waals surface area contributed by atoms with Crippen LogP contribution in [0.15, 0.2) is 6.07 Å². The second kappa shape index (κ2) is 6.11. The van der Waals surface area contributed by atoms with E-state index in [1.165, 1.54) is 7.11 Å². The van der Waals surface area contributed by atoms with Crippen LogP contribution in [0.25, 0.3) is 0 Å². The highest BCUT2D eigenvalue weighted by molar-refractivity contribution is 5.99. The van der Waals surface area contributed by atoms with Gasteiger partial charge in [0.05, 0.1) is 18.4 Å². The molecule has 0 radical (unpaired) electrons. The molecule has 2 aliphatic rings. The lowest BCUT2D eigenvalue weighted by Gasteiger charge is -2.26. The second-order valence-electron chi connectivity index (χ2n) is 7.47. The fourth-order valence-corrected chi connectivity index (χ4v) is 3.63. The van der Waals surface area contributed by atoms with E-state index in [9.17, 15) is 9.59 Å². The summed E-state index contributed by atoms with van der Waals surface area (Å²) in [5.74, 6) is -0.295. The van der Waals surface area contributed by atoms with E-state index in [4.69, 9.17) is 9.47 Å². The molecule has 0 atom stereocenters. The number of amides is 1. The highest BCUT2D eigenvalue weighted by atomic mass is 16.6. The van der Waals surface area contributed by atoms with Crippen LogP contribution in [0.1, 0.15) is 60.7 Å². The van der Waals surface area contributed by atoms with Gasteiger partial charge in [-0.15, -0.1) is 0 Å². The minimum absolute atomic E-state index is 0.295. The first-order chi connectivity index (χ1) is 11.3. The Kier molecular flexibility index (Phi) is 4.28. The van der Waals surface area contributed by atoms with Crippen molar-refractivity contribution >= 4 is 17.7 Å². The van der Waals surface area contributed by atoms with Gasteiger partial charge in [0.15, 0.2) is 0 Å². The van der Waals surface area contributed by atoms with Gasteiger partial charge in [-0.1, -0.05) is 0 Å². The van der Waals surface area contributed by atoms with Gasteiger partial charge in [-0.3, -0.25) is 4.90 Å². The topological polar surface area (TPSA) is 55.8 Å². The van der Waals surface area contributed by atoms with Gasteiger partial charge in [0.25, 0.3) is 0 Å². The van der Waals surface area contributed by atoms with E-state index in [1.807, 2.05) is 20.8 Å².